The Morgan fingerprint density at radius 2 is 2.18 bits per heavy atom. The third kappa shape index (κ3) is 3.83. The van der Waals surface area contributed by atoms with Crippen LogP contribution in [0.5, 0.6) is 0 Å². The SMILES string of the molecule is CC(C)c1cc(C(=O)N2CCC[C@@H](c3nccn3Cc3ccccn3)C2)on1. The van der Waals surface area contributed by atoms with E-state index in [-0.39, 0.29) is 17.7 Å². The van der Waals surface area contributed by atoms with Crippen molar-refractivity contribution in [3.63, 3.8) is 0 Å². The number of pyridine rings is 1. The summed E-state index contributed by atoms with van der Waals surface area (Å²) in [6, 6.07) is 7.68. The third-order valence-corrected chi connectivity index (χ3v) is 5.21. The quantitative estimate of drug-likeness (QED) is 0.678. The number of imidazole rings is 1. The number of likely N-dealkylation sites (tertiary alicyclic amines) is 1. The molecular weight excluding hydrogens is 354 g/mol. The molecule has 4 rings (SSSR count). The summed E-state index contributed by atoms with van der Waals surface area (Å²) in [5, 5.41) is 4.02. The van der Waals surface area contributed by atoms with Crippen LogP contribution in [-0.2, 0) is 6.54 Å². The van der Waals surface area contributed by atoms with Crippen LogP contribution in [0.3, 0.4) is 0 Å². The molecule has 7 heteroatoms. The smallest absolute Gasteiger partial charge is 0.292 e. The minimum atomic E-state index is -0.0908. The first-order valence-corrected chi connectivity index (χ1v) is 9.78. The van der Waals surface area contributed by atoms with Gasteiger partial charge < -0.3 is 14.0 Å². The van der Waals surface area contributed by atoms with E-state index in [2.05, 4.69) is 19.7 Å². The molecule has 0 N–H and O–H groups in total. The fraction of sp³-hybridized carbons (Fsp3) is 0.429. The molecule has 4 heterocycles. The van der Waals surface area contributed by atoms with Gasteiger partial charge in [0.25, 0.3) is 5.91 Å². The van der Waals surface area contributed by atoms with Crippen LogP contribution in [0.4, 0.5) is 0 Å². The molecule has 0 unspecified atom stereocenters. The fourth-order valence-corrected chi connectivity index (χ4v) is 3.67. The molecule has 3 aromatic rings. The molecule has 1 atom stereocenters. The molecule has 1 saturated heterocycles. The average molecular weight is 379 g/mol. The summed E-state index contributed by atoms with van der Waals surface area (Å²) in [5.74, 6) is 1.67. The van der Waals surface area contributed by atoms with E-state index in [1.54, 1.807) is 12.3 Å². The van der Waals surface area contributed by atoms with E-state index < -0.39 is 0 Å². The van der Waals surface area contributed by atoms with Gasteiger partial charge in [-0.05, 0) is 30.9 Å². The zero-order valence-corrected chi connectivity index (χ0v) is 16.3. The van der Waals surface area contributed by atoms with Crippen LogP contribution < -0.4 is 0 Å². The van der Waals surface area contributed by atoms with Gasteiger partial charge in [-0.2, -0.15) is 0 Å². The summed E-state index contributed by atoms with van der Waals surface area (Å²) in [6.45, 7) is 6.11. The molecule has 1 aliphatic rings. The van der Waals surface area contributed by atoms with Gasteiger partial charge in [-0.15, -0.1) is 0 Å². The Balaban J connectivity index is 1.48. The molecule has 3 aromatic heterocycles. The van der Waals surface area contributed by atoms with Crippen LogP contribution in [-0.4, -0.2) is 43.6 Å². The van der Waals surface area contributed by atoms with Gasteiger partial charge in [-0.25, -0.2) is 4.98 Å². The molecule has 28 heavy (non-hydrogen) atoms. The van der Waals surface area contributed by atoms with Gasteiger partial charge in [0.1, 0.15) is 5.82 Å². The summed E-state index contributed by atoms with van der Waals surface area (Å²) < 4.78 is 7.43. The second-order valence-corrected chi connectivity index (χ2v) is 7.60. The van der Waals surface area contributed by atoms with E-state index in [9.17, 15) is 4.79 Å². The van der Waals surface area contributed by atoms with Gasteiger partial charge in [0.15, 0.2) is 0 Å². The largest absolute Gasteiger partial charge is 0.351 e. The number of hydrogen-bond acceptors (Lipinski definition) is 5. The molecule has 0 saturated carbocycles. The number of rotatable bonds is 5. The highest BCUT2D eigenvalue weighted by Crippen LogP contribution is 2.27. The van der Waals surface area contributed by atoms with E-state index in [0.29, 0.717) is 18.8 Å². The average Bonchev–Trinajstić information content (AvgIpc) is 3.38. The molecule has 1 amide bonds. The molecule has 0 spiro atoms. The topological polar surface area (TPSA) is 77.0 Å². The normalized spacial score (nSPS) is 17.2. The first kappa shape index (κ1) is 18.4. The maximum Gasteiger partial charge on any atom is 0.292 e. The third-order valence-electron chi connectivity index (χ3n) is 5.21. The van der Waals surface area contributed by atoms with E-state index in [4.69, 9.17) is 4.52 Å². The summed E-state index contributed by atoms with van der Waals surface area (Å²) in [5.41, 5.74) is 1.80. The van der Waals surface area contributed by atoms with E-state index in [1.165, 1.54) is 0 Å². The monoisotopic (exact) mass is 379 g/mol. The molecule has 0 radical (unpaired) electrons. The lowest BCUT2D eigenvalue weighted by molar-refractivity contribution is 0.0661. The number of hydrogen-bond donors (Lipinski definition) is 0. The predicted octanol–water partition coefficient (Wildman–Crippen LogP) is 3.46. The minimum absolute atomic E-state index is 0.0908. The summed E-state index contributed by atoms with van der Waals surface area (Å²) >= 11 is 0. The van der Waals surface area contributed by atoms with Crippen molar-refractivity contribution in [2.45, 2.75) is 45.1 Å². The van der Waals surface area contributed by atoms with Crippen LogP contribution in [0.25, 0.3) is 0 Å². The maximum absolute atomic E-state index is 12.9. The molecule has 7 nitrogen and oxygen atoms in total. The molecule has 0 bridgehead atoms. The number of amides is 1. The fourth-order valence-electron chi connectivity index (χ4n) is 3.67. The van der Waals surface area contributed by atoms with Crippen molar-refractivity contribution in [2.75, 3.05) is 13.1 Å². The van der Waals surface area contributed by atoms with Crippen LogP contribution >= 0.6 is 0 Å². The Morgan fingerprint density at radius 3 is 2.93 bits per heavy atom. The second kappa shape index (κ2) is 7.96. The molecule has 146 valence electrons. The summed E-state index contributed by atoms with van der Waals surface area (Å²) in [7, 11) is 0. The van der Waals surface area contributed by atoms with Gasteiger partial charge in [0, 0.05) is 43.7 Å². The Morgan fingerprint density at radius 1 is 1.29 bits per heavy atom. The number of carbonyl (C=O) groups is 1. The first-order valence-electron chi connectivity index (χ1n) is 9.78. The van der Waals surface area contributed by atoms with E-state index in [1.807, 2.05) is 49.3 Å². The summed E-state index contributed by atoms with van der Waals surface area (Å²) in [6.07, 6.45) is 7.56. The van der Waals surface area contributed by atoms with Gasteiger partial charge in [0.05, 0.1) is 17.9 Å². The van der Waals surface area contributed by atoms with Gasteiger partial charge >= 0.3 is 0 Å². The predicted molar refractivity (Wildman–Crippen MR) is 104 cm³/mol. The van der Waals surface area contributed by atoms with Crippen molar-refractivity contribution in [3.05, 3.63) is 65.8 Å². The Labute approximate surface area is 164 Å². The highest BCUT2D eigenvalue weighted by Gasteiger charge is 2.30. The van der Waals surface area contributed by atoms with E-state index >= 15 is 0 Å². The van der Waals surface area contributed by atoms with Crippen LogP contribution in [0.15, 0.2) is 47.4 Å². The van der Waals surface area contributed by atoms with Crippen LogP contribution in [0.1, 0.15) is 66.3 Å². The highest BCUT2D eigenvalue weighted by molar-refractivity contribution is 5.91. The number of carbonyl (C=O) groups excluding carboxylic acids is 1. The van der Waals surface area contributed by atoms with Crippen molar-refractivity contribution in [1.29, 1.82) is 0 Å². The Hall–Kier alpha value is -2.96. The van der Waals surface area contributed by atoms with Crippen molar-refractivity contribution < 1.29 is 9.32 Å². The first-order chi connectivity index (χ1) is 13.6. The number of aromatic nitrogens is 4. The van der Waals surface area contributed by atoms with E-state index in [0.717, 1.165) is 36.6 Å². The molecular formula is C21H25N5O2. The maximum atomic E-state index is 12.9. The molecule has 0 aromatic carbocycles. The molecule has 0 aliphatic carbocycles. The number of piperidine rings is 1. The van der Waals surface area contributed by atoms with Gasteiger partial charge in [0.2, 0.25) is 5.76 Å². The Kier molecular flexibility index (Phi) is 5.23. The van der Waals surface area contributed by atoms with Crippen molar-refractivity contribution in [1.82, 2.24) is 24.6 Å². The second-order valence-electron chi connectivity index (χ2n) is 7.60. The zero-order valence-electron chi connectivity index (χ0n) is 16.3. The van der Waals surface area contributed by atoms with Crippen LogP contribution in [0, 0.1) is 0 Å². The lowest BCUT2D eigenvalue weighted by Gasteiger charge is -2.32. The van der Waals surface area contributed by atoms with Crippen molar-refractivity contribution >= 4 is 5.91 Å². The lowest BCUT2D eigenvalue weighted by Crippen LogP contribution is -2.39. The van der Waals surface area contributed by atoms with Gasteiger partial charge in [-0.1, -0.05) is 25.1 Å². The van der Waals surface area contributed by atoms with Crippen molar-refractivity contribution in [2.24, 2.45) is 0 Å². The Bertz CT molecular complexity index is 931. The molecule has 1 aliphatic heterocycles. The highest BCUT2D eigenvalue weighted by atomic mass is 16.5. The van der Waals surface area contributed by atoms with Crippen LogP contribution in [0.2, 0.25) is 0 Å². The minimum Gasteiger partial charge on any atom is -0.351 e. The zero-order chi connectivity index (χ0) is 19.5. The van der Waals surface area contributed by atoms with Gasteiger partial charge in [-0.3, -0.25) is 9.78 Å². The standard InChI is InChI=1S/C21H25N5O2/c1-15(2)18-12-19(28-24-18)21(27)26-10-5-6-16(13-26)20-23-9-11-25(20)14-17-7-3-4-8-22-17/h3-4,7-9,11-12,15-16H,5-6,10,13-14H2,1-2H3/t16-/m1/s1. The lowest BCUT2D eigenvalue weighted by atomic mass is 9.96. The summed E-state index contributed by atoms with van der Waals surface area (Å²) in [4.78, 5) is 23.7. The molecule has 1 fully saturated rings. The number of nitrogens with zero attached hydrogens (tertiary/aromatic N) is 5. The van der Waals surface area contributed by atoms with Crippen molar-refractivity contribution in [3.8, 4) is 0 Å².